The summed E-state index contributed by atoms with van der Waals surface area (Å²) in [6.45, 7) is 13.8. The van der Waals surface area contributed by atoms with Crippen LogP contribution in [0.5, 0.6) is 0 Å². The Bertz CT molecular complexity index is 2830. The first-order valence-corrected chi connectivity index (χ1v) is 28.8. The van der Waals surface area contributed by atoms with Crippen molar-refractivity contribution in [3.63, 3.8) is 0 Å². The summed E-state index contributed by atoms with van der Waals surface area (Å²) in [4.78, 5) is 4.77. The van der Waals surface area contributed by atoms with Gasteiger partial charge in [-0.25, -0.2) is 4.57 Å². The molecule has 6 rings (SSSR count). The average Bonchev–Trinajstić information content (AvgIpc) is 3.48. The second-order valence-corrected chi connectivity index (χ2v) is 19.9. The van der Waals surface area contributed by atoms with Crippen LogP contribution in [-0.2, 0) is 32.2 Å². The Labute approximate surface area is 464 Å². The molecule has 0 saturated carbocycles. The van der Waals surface area contributed by atoms with Crippen molar-refractivity contribution in [2.45, 2.75) is 116 Å². The number of nitrogens with zero attached hydrogens (tertiary/aromatic N) is 2. The quantitative estimate of drug-likeness (QED) is 0.0178. The van der Waals surface area contributed by atoms with Crippen LogP contribution < -0.4 is 15.2 Å². The molecule has 1 aromatic heterocycles. The Morgan fingerprint density at radius 1 is 0.494 bits per heavy atom. The molecule has 1 heterocycles. The van der Waals surface area contributed by atoms with Crippen molar-refractivity contribution in [1.82, 2.24) is 10.6 Å². The van der Waals surface area contributed by atoms with Gasteiger partial charge in [-0.3, -0.25) is 4.99 Å². The fourth-order valence-electron chi connectivity index (χ4n) is 9.81. The predicted molar refractivity (Wildman–Crippen MR) is 335 cm³/mol. The molecule has 0 aliphatic heterocycles. The first-order chi connectivity index (χ1) is 38.1. The second-order valence-electron chi connectivity index (χ2n) is 19.9. The summed E-state index contributed by atoms with van der Waals surface area (Å²) in [5, 5.41) is 7.15. The molecule has 4 heteroatoms. The van der Waals surface area contributed by atoms with Gasteiger partial charge in [0.2, 0.25) is 0 Å². The number of rotatable bonds is 36. The van der Waals surface area contributed by atoms with Crippen molar-refractivity contribution >= 4 is 22.9 Å². The highest BCUT2D eigenvalue weighted by Gasteiger charge is 2.12. The minimum atomic E-state index is 0.863. The zero-order valence-corrected chi connectivity index (χ0v) is 46.4. The number of aliphatic imine (C=N–C) groups is 1. The molecule has 0 spiro atoms. The number of hydrogen-bond donors (Lipinski definition) is 2. The van der Waals surface area contributed by atoms with Crippen LogP contribution in [-0.4, -0.2) is 25.8 Å². The molecule has 0 fully saturated rings. The third kappa shape index (κ3) is 22.3. The van der Waals surface area contributed by atoms with Gasteiger partial charge in [0.15, 0.2) is 12.4 Å². The van der Waals surface area contributed by atoms with E-state index in [4.69, 9.17) is 4.99 Å². The highest BCUT2D eigenvalue weighted by atomic mass is 14.9. The van der Waals surface area contributed by atoms with Crippen LogP contribution in [0, 0.1) is 0 Å². The summed E-state index contributed by atoms with van der Waals surface area (Å²) in [5.74, 6) is 0. The van der Waals surface area contributed by atoms with Gasteiger partial charge in [-0.15, -0.1) is 0 Å². The van der Waals surface area contributed by atoms with E-state index in [1.54, 1.807) is 22.3 Å². The number of pyridine rings is 1. The maximum atomic E-state index is 4.77. The third-order valence-corrected chi connectivity index (χ3v) is 14.1. The SMILES string of the molecule is C=C/C=C\C(=C/NCCCCCc1cc(CCCCC[n+]2cccc(-c3ccccc3)c2)c(CCCCC/N=C/C=C\C(=C/C)c2ccccc2)cc1CCCCCN/C=C\C=C(/C=C)c1ccccc1)c1ccccc1. The maximum absolute atomic E-state index is 4.77. The fraction of sp³-hybridized carbons (Fsp3) is 0.288. The normalized spacial score (nSPS) is 12.4. The number of allylic oxidation sites excluding steroid dienone is 12. The molecule has 0 bridgehead atoms. The van der Waals surface area contributed by atoms with E-state index in [2.05, 4.69) is 236 Å². The molecule has 0 radical (unpaired) electrons. The Balaban J connectivity index is 1.08. The molecule has 0 saturated heterocycles. The first kappa shape index (κ1) is 58.7. The lowest BCUT2D eigenvalue weighted by Gasteiger charge is -2.18. The summed E-state index contributed by atoms with van der Waals surface area (Å²) in [6, 6.07) is 52.0. The molecule has 0 atom stereocenters. The maximum Gasteiger partial charge on any atom is 0.176 e. The third-order valence-electron chi connectivity index (χ3n) is 14.1. The second kappa shape index (κ2) is 36.4. The van der Waals surface area contributed by atoms with E-state index in [0.29, 0.717) is 0 Å². The van der Waals surface area contributed by atoms with Crippen LogP contribution in [0.2, 0.25) is 0 Å². The van der Waals surface area contributed by atoms with E-state index >= 15 is 0 Å². The molecule has 0 aliphatic rings. The van der Waals surface area contributed by atoms with E-state index in [1.807, 2.05) is 30.5 Å². The smallest absolute Gasteiger partial charge is 0.176 e. The molecule has 0 aliphatic carbocycles. The van der Waals surface area contributed by atoms with E-state index in [-0.39, 0.29) is 0 Å². The molecular weight excluding hydrogens is 933 g/mol. The van der Waals surface area contributed by atoms with E-state index < -0.39 is 0 Å². The topological polar surface area (TPSA) is 40.3 Å². The van der Waals surface area contributed by atoms with Crippen molar-refractivity contribution < 1.29 is 4.57 Å². The van der Waals surface area contributed by atoms with E-state index in [1.165, 1.54) is 96.8 Å². The van der Waals surface area contributed by atoms with Crippen molar-refractivity contribution in [2.75, 3.05) is 19.6 Å². The number of hydrogen-bond acceptors (Lipinski definition) is 3. The molecule has 6 aromatic rings. The van der Waals surface area contributed by atoms with Crippen molar-refractivity contribution in [3.8, 4) is 11.1 Å². The Morgan fingerprint density at radius 3 is 1.57 bits per heavy atom. The van der Waals surface area contributed by atoms with Crippen LogP contribution in [0.4, 0.5) is 0 Å². The van der Waals surface area contributed by atoms with Gasteiger partial charge in [-0.1, -0.05) is 208 Å². The first-order valence-electron chi connectivity index (χ1n) is 28.8. The van der Waals surface area contributed by atoms with Gasteiger partial charge in [-0.2, -0.15) is 0 Å². The minimum absolute atomic E-state index is 0.863. The summed E-state index contributed by atoms with van der Waals surface area (Å²) in [7, 11) is 0. The van der Waals surface area contributed by atoms with Crippen molar-refractivity contribution in [1.29, 1.82) is 0 Å². The highest BCUT2D eigenvalue weighted by molar-refractivity contribution is 5.81. The monoisotopic (exact) mass is 1020 g/mol. The standard InChI is InChI=1S/C73H87N4/c1-4-7-35-72(66-40-20-10-21-41-66)60-76-53-30-14-26-46-69-59-71(47-27-15-31-56-77-57-34-50-73(61-77)67-42-22-11-23-43-67)70(45-25-13-29-52-75-55-33-49-63(6-3)65-38-18-9-19-39-65)58-68(69)44-24-12-28-51-74-54-32-48-62(5-2)64-36-16-8-17-37-64/h4-11,16-23,32-43,48-50,54-55,57-61,74,76H,1-2,12-15,24-31,44-47,51-53,56H2,3H3/q+1/b35-7-,49-33-,54-32-,62-48+,63-6+,72-60+,75-55+. The van der Waals surface area contributed by atoms with Gasteiger partial charge in [-0.05, 0) is 170 Å². The molecular formula is C73H87N4+. The summed E-state index contributed by atoms with van der Waals surface area (Å²) in [6.07, 6.45) is 47.9. The average molecular weight is 1020 g/mol. The zero-order chi connectivity index (χ0) is 53.6. The van der Waals surface area contributed by atoms with Crippen LogP contribution in [0.1, 0.15) is 123 Å². The Hall–Kier alpha value is -7.56. The van der Waals surface area contributed by atoms with E-state index in [0.717, 1.165) is 76.7 Å². The van der Waals surface area contributed by atoms with Crippen LogP contribution in [0.25, 0.3) is 27.8 Å². The van der Waals surface area contributed by atoms with Crippen LogP contribution in [0.3, 0.4) is 0 Å². The fourth-order valence-corrected chi connectivity index (χ4v) is 9.81. The molecule has 0 unspecified atom stereocenters. The summed E-state index contributed by atoms with van der Waals surface area (Å²) in [5.41, 5.74) is 16.0. The lowest BCUT2D eigenvalue weighted by molar-refractivity contribution is -0.696. The summed E-state index contributed by atoms with van der Waals surface area (Å²) >= 11 is 0. The number of aryl methyl sites for hydroxylation is 5. The van der Waals surface area contributed by atoms with Crippen molar-refractivity contribution in [2.24, 2.45) is 4.99 Å². The Kier molecular flexibility index (Phi) is 27.8. The van der Waals surface area contributed by atoms with Gasteiger partial charge in [0.1, 0.15) is 6.54 Å². The molecule has 2 N–H and O–H groups in total. The van der Waals surface area contributed by atoms with Gasteiger partial charge < -0.3 is 10.6 Å². The van der Waals surface area contributed by atoms with Crippen LogP contribution >= 0.6 is 0 Å². The molecule has 4 nitrogen and oxygen atoms in total. The molecule has 0 amide bonds. The highest BCUT2D eigenvalue weighted by Crippen LogP contribution is 2.26. The van der Waals surface area contributed by atoms with E-state index in [9.17, 15) is 0 Å². The largest absolute Gasteiger partial charge is 0.391 e. The lowest BCUT2D eigenvalue weighted by Crippen LogP contribution is -2.32. The zero-order valence-electron chi connectivity index (χ0n) is 46.4. The number of benzene rings is 5. The van der Waals surface area contributed by atoms with Crippen LogP contribution in [0.15, 0.2) is 243 Å². The predicted octanol–water partition coefficient (Wildman–Crippen LogP) is 17.7. The van der Waals surface area contributed by atoms with Gasteiger partial charge in [0.25, 0.3) is 0 Å². The minimum Gasteiger partial charge on any atom is -0.391 e. The Morgan fingerprint density at radius 2 is 1.00 bits per heavy atom. The number of nitrogens with one attached hydrogen (secondary N) is 2. The molecule has 77 heavy (non-hydrogen) atoms. The lowest BCUT2D eigenvalue weighted by atomic mass is 9.88. The molecule has 398 valence electrons. The summed E-state index contributed by atoms with van der Waals surface area (Å²) < 4.78 is 2.37. The van der Waals surface area contributed by atoms with Gasteiger partial charge in [0.05, 0.1) is 0 Å². The number of aromatic nitrogens is 1. The molecule has 5 aromatic carbocycles. The van der Waals surface area contributed by atoms with Gasteiger partial charge >= 0.3 is 0 Å². The van der Waals surface area contributed by atoms with Crippen molar-refractivity contribution in [3.05, 3.63) is 277 Å². The number of unbranched alkanes of at least 4 members (excludes halogenated alkanes) is 8. The van der Waals surface area contributed by atoms with Gasteiger partial charge in [0, 0.05) is 50.1 Å².